The van der Waals surface area contributed by atoms with Crippen LogP contribution in [0, 0.1) is 5.82 Å². The van der Waals surface area contributed by atoms with Crippen LogP contribution >= 0.6 is 11.6 Å². The zero-order valence-corrected chi connectivity index (χ0v) is 12.5. The zero-order chi connectivity index (χ0) is 14.3. The molecule has 1 aromatic rings. The van der Waals surface area contributed by atoms with Crippen molar-refractivity contribution in [3.05, 3.63) is 17.0 Å². The Morgan fingerprint density at radius 2 is 2.25 bits per heavy atom. The van der Waals surface area contributed by atoms with Gasteiger partial charge in [-0.1, -0.05) is 11.6 Å². The molecule has 2 aliphatic rings. The molecule has 0 unspecified atom stereocenters. The molecule has 0 amide bonds. The van der Waals surface area contributed by atoms with Gasteiger partial charge in [0.15, 0.2) is 17.4 Å². The molecule has 1 fully saturated rings. The number of pyridine rings is 1. The first kappa shape index (κ1) is 13.9. The summed E-state index contributed by atoms with van der Waals surface area (Å²) in [7, 11) is 0. The maximum atomic E-state index is 14.1. The van der Waals surface area contributed by atoms with E-state index in [1.54, 1.807) is 0 Å². The normalized spacial score (nSPS) is 23.1. The fraction of sp³-hybridized carbons (Fsp3) is 0.643. The summed E-state index contributed by atoms with van der Waals surface area (Å²) in [5, 5.41) is 0.0167. The summed E-state index contributed by atoms with van der Waals surface area (Å²) in [5.41, 5.74) is 0. The predicted molar refractivity (Wildman–Crippen MR) is 77.2 cm³/mol. The van der Waals surface area contributed by atoms with Gasteiger partial charge in [0.25, 0.3) is 0 Å². The summed E-state index contributed by atoms with van der Waals surface area (Å²) < 4.78 is 19.7. The molecule has 20 heavy (non-hydrogen) atoms. The van der Waals surface area contributed by atoms with Gasteiger partial charge in [-0.3, -0.25) is 4.90 Å². The van der Waals surface area contributed by atoms with Crippen LogP contribution in [0.25, 0.3) is 0 Å². The quantitative estimate of drug-likeness (QED) is 0.797. The smallest absolute Gasteiger partial charge is 0.199 e. The van der Waals surface area contributed by atoms with Gasteiger partial charge < -0.3 is 9.64 Å². The number of aromatic nitrogens is 1. The average molecular weight is 300 g/mol. The van der Waals surface area contributed by atoms with E-state index in [1.165, 1.54) is 6.20 Å². The molecule has 0 N–H and O–H groups in total. The van der Waals surface area contributed by atoms with Crippen LogP contribution in [0.5, 0.6) is 5.75 Å². The van der Waals surface area contributed by atoms with Crippen molar-refractivity contribution < 1.29 is 9.13 Å². The molecular weight excluding hydrogens is 281 g/mol. The molecular formula is C14H19ClFN3O. The highest BCUT2D eigenvalue weighted by Crippen LogP contribution is 2.37. The predicted octanol–water partition coefficient (Wildman–Crippen LogP) is 2.56. The second-order valence-electron chi connectivity index (χ2n) is 5.65. The lowest BCUT2D eigenvalue weighted by molar-refractivity contribution is 0.172. The number of hydrogen-bond donors (Lipinski definition) is 0. The number of anilines is 1. The minimum Gasteiger partial charge on any atom is -0.487 e. The van der Waals surface area contributed by atoms with E-state index in [4.69, 9.17) is 16.3 Å². The van der Waals surface area contributed by atoms with Crippen molar-refractivity contribution in [2.45, 2.75) is 32.4 Å². The second kappa shape index (κ2) is 5.37. The molecule has 110 valence electrons. The number of halogens is 2. The third-order valence-electron chi connectivity index (χ3n) is 4.13. The SMILES string of the molecule is CC(C)N1CCN2c3ncc(Cl)c(F)c3OCC[C@@H]2C1. The van der Waals surface area contributed by atoms with Crippen molar-refractivity contribution in [3.8, 4) is 5.75 Å². The summed E-state index contributed by atoms with van der Waals surface area (Å²) in [4.78, 5) is 8.91. The Hall–Kier alpha value is -1.07. The third-order valence-corrected chi connectivity index (χ3v) is 4.39. The van der Waals surface area contributed by atoms with E-state index < -0.39 is 5.82 Å². The first-order chi connectivity index (χ1) is 9.58. The van der Waals surface area contributed by atoms with Crippen molar-refractivity contribution in [2.24, 2.45) is 0 Å². The van der Waals surface area contributed by atoms with Crippen molar-refractivity contribution in [1.29, 1.82) is 0 Å². The largest absolute Gasteiger partial charge is 0.487 e. The van der Waals surface area contributed by atoms with Gasteiger partial charge >= 0.3 is 0 Å². The van der Waals surface area contributed by atoms with Crippen molar-refractivity contribution in [3.63, 3.8) is 0 Å². The minimum absolute atomic E-state index is 0.0167. The van der Waals surface area contributed by atoms with E-state index in [2.05, 4.69) is 28.6 Å². The molecule has 0 radical (unpaired) electrons. The van der Waals surface area contributed by atoms with Crippen LogP contribution in [-0.2, 0) is 0 Å². The molecule has 1 saturated heterocycles. The van der Waals surface area contributed by atoms with E-state index in [-0.39, 0.29) is 10.8 Å². The van der Waals surface area contributed by atoms with Crippen molar-refractivity contribution >= 4 is 17.4 Å². The summed E-state index contributed by atoms with van der Waals surface area (Å²) in [6.07, 6.45) is 2.24. The highest BCUT2D eigenvalue weighted by molar-refractivity contribution is 6.30. The summed E-state index contributed by atoms with van der Waals surface area (Å²) in [6, 6.07) is 0.844. The standard InChI is InChI=1S/C14H19ClFN3O/c1-9(2)18-4-5-19-10(8-18)3-6-20-13-12(16)11(15)7-17-14(13)19/h7,9-10H,3-6,8H2,1-2H3/t10-/m1/s1. The van der Waals surface area contributed by atoms with Gasteiger partial charge in [0.05, 0.1) is 17.8 Å². The number of rotatable bonds is 1. The fourth-order valence-electron chi connectivity index (χ4n) is 2.94. The third kappa shape index (κ3) is 2.33. The van der Waals surface area contributed by atoms with Crippen LogP contribution in [0.15, 0.2) is 6.20 Å². The van der Waals surface area contributed by atoms with E-state index in [0.717, 1.165) is 26.1 Å². The van der Waals surface area contributed by atoms with Gasteiger partial charge in [0.2, 0.25) is 0 Å². The Labute approximate surface area is 123 Å². The minimum atomic E-state index is -0.497. The van der Waals surface area contributed by atoms with E-state index in [0.29, 0.717) is 24.5 Å². The van der Waals surface area contributed by atoms with Gasteiger partial charge in [-0.05, 0) is 13.8 Å². The average Bonchev–Trinajstić information content (AvgIpc) is 2.61. The number of fused-ring (bicyclic) bond motifs is 3. The van der Waals surface area contributed by atoms with Crippen LogP contribution in [-0.4, -0.2) is 48.2 Å². The van der Waals surface area contributed by atoms with Gasteiger partial charge in [0, 0.05) is 38.1 Å². The lowest BCUT2D eigenvalue weighted by atomic mass is 10.1. The molecule has 0 aliphatic carbocycles. The Kier molecular flexibility index (Phi) is 3.73. The number of nitrogens with zero attached hydrogens (tertiary/aromatic N) is 3. The molecule has 0 bridgehead atoms. The van der Waals surface area contributed by atoms with Gasteiger partial charge in [-0.2, -0.15) is 0 Å². The Morgan fingerprint density at radius 3 is 3.00 bits per heavy atom. The molecule has 4 nitrogen and oxygen atoms in total. The lowest BCUT2D eigenvalue weighted by Gasteiger charge is -2.42. The van der Waals surface area contributed by atoms with Crippen LogP contribution in [0.4, 0.5) is 10.2 Å². The molecule has 3 heterocycles. The number of ether oxygens (including phenoxy) is 1. The van der Waals surface area contributed by atoms with E-state index >= 15 is 0 Å². The summed E-state index contributed by atoms with van der Waals surface area (Å²) >= 11 is 5.79. The molecule has 1 aromatic heterocycles. The van der Waals surface area contributed by atoms with E-state index in [9.17, 15) is 4.39 Å². The van der Waals surface area contributed by atoms with Gasteiger partial charge in [-0.15, -0.1) is 0 Å². The molecule has 3 rings (SSSR count). The van der Waals surface area contributed by atoms with Gasteiger partial charge in [-0.25, -0.2) is 9.37 Å². The topological polar surface area (TPSA) is 28.6 Å². The number of hydrogen-bond acceptors (Lipinski definition) is 4. The maximum Gasteiger partial charge on any atom is 0.199 e. The maximum absolute atomic E-state index is 14.1. The highest BCUT2D eigenvalue weighted by atomic mass is 35.5. The molecule has 0 aromatic carbocycles. The Balaban J connectivity index is 1.93. The molecule has 6 heteroatoms. The molecule has 0 spiro atoms. The van der Waals surface area contributed by atoms with E-state index in [1.807, 2.05) is 0 Å². The Morgan fingerprint density at radius 1 is 1.45 bits per heavy atom. The summed E-state index contributed by atoms with van der Waals surface area (Å²) in [5.74, 6) is 0.305. The molecule has 0 saturated carbocycles. The van der Waals surface area contributed by atoms with Crippen molar-refractivity contribution in [2.75, 3.05) is 31.1 Å². The highest BCUT2D eigenvalue weighted by Gasteiger charge is 2.34. The monoisotopic (exact) mass is 299 g/mol. The zero-order valence-electron chi connectivity index (χ0n) is 11.8. The first-order valence-corrected chi connectivity index (χ1v) is 7.43. The van der Waals surface area contributed by atoms with Crippen LogP contribution in [0.1, 0.15) is 20.3 Å². The van der Waals surface area contributed by atoms with Crippen LogP contribution in [0.2, 0.25) is 5.02 Å². The van der Waals surface area contributed by atoms with Crippen LogP contribution < -0.4 is 9.64 Å². The number of piperazine rings is 1. The van der Waals surface area contributed by atoms with Gasteiger partial charge in [0.1, 0.15) is 0 Å². The lowest BCUT2D eigenvalue weighted by Crippen LogP contribution is -2.55. The Bertz CT molecular complexity index is 511. The molecule has 2 aliphatic heterocycles. The van der Waals surface area contributed by atoms with Crippen molar-refractivity contribution in [1.82, 2.24) is 9.88 Å². The second-order valence-corrected chi connectivity index (χ2v) is 6.05. The molecule has 1 atom stereocenters. The fourth-order valence-corrected chi connectivity index (χ4v) is 3.08. The first-order valence-electron chi connectivity index (χ1n) is 7.05. The van der Waals surface area contributed by atoms with Crippen LogP contribution in [0.3, 0.4) is 0 Å². The summed E-state index contributed by atoms with van der Waals surface area (Å²) in [6.45, 7) is 7.67.